The molecule has 0 spiro atoms. The molecular weight excluding hydrogens is 577 g/mol. The van der Waals surface area contributed by atoms with Gasteiger partial charge in [-0.3, -0.25) is 0 Å². The number of hydrogen-bond acceptors (Lipinski definition) is 2. The fourth-order valence-electron chi connectivity index (χ4n) is 6.01. The zero-order valence-electron chi connectivity index (χ0n) is 26.3. The summed E-state index contributed by atoms with van der Waals surface area (Å²) in [5, 5.41) is 3.76. The van der Waals surface area contributed by atoms with Gasteiger partial charge < -0.3 is 4.74 Å². The third kappa shape index (κ3) is 5.68. The molecule has 0 bridgehead atoms. The Bertz CT molecular complexity index is 1770. The molecule has 1 aliphatic heterocycles. The third-order valence-corrected chi connectivity index (χ3v) is 12.5. The van der Waals surface area contributed by atoms with Crippen LogP contribution in [0.3, 0.4) is 0 Å². The van der Waals surface area contributed by atoms with Crippen LogP contribution in [0.4, 0.5) is 0 Å². The molecule has 1 unspecified atom stereocenters. The maximum atomic E-state index is 13.6. The van der Waals surface area contributed by atoms with Crippen LogP contribution in [0.1, 0.15) is 68.5 Å². The lowest BCUT2D eigenvalue weighted by atomic mass is 9.74. The van der Waals surface area contributed by atoms with E-state index in [9.17, 15) is 4.21 Å². The average Bonchev–Trinajstić information content (AvgIpc) is 3.01. The molecule has 0 radical (unpaired) electrons. The Hall–Kier alpha value is -3.56. The first-order chi connectivity index (χ1) is 21.1. The predicted octanol–water partition coefficient (Wildman–Crippen LogP) is 8.33. The Morgan fingerprint density at radius 2 is 1.20 bits per heavy atom. The molecule has 3 nitrogen and oxygen atoms in total. The van der Waals surface area contributed by atoms with Crippen molar-refractivity contribution in [3.05, 3.63) is 149 Å². The minimum Gasteiger partial charge on any atom is -0.456 e. The van der Waals surface area contributed by atoms with Gasteiger partial charge in [0.25, 0.3) is 0 Å². The van der Waals surface area contributed by atoms with E-state index in [2.05, 4.69) is 147 Å². The second-order valence-electron chi connectivity index (χ2n) is 12.9. The molecule has 5 heteroatoms. The highest BCUT2D eigenvalue weighted by molar-refractivity contribution is 7.84. The van der Waals surface area contributed by atoms with Crippen LogP contribution in [0.2, 0.25) is 0 Å². The molecule has 1 aliphatic rings. The van der Waals surface area contributed by atoms with Gasteiger partial charge in [0.1, 0.15) is 11.5 Å². The van der Waals surface area contributed by atoms with Crippen molar-refractivity contribution < 1.29 is 8.95 Å². The summed E-state index contributed by atoms with van der Waals surface area (Å²) in [4.78, 5) is 0. The molecule has 224 valence electrons. The number of para-hydroxylation sites is 2. The molecule has 44 heavy (non-hydrogen) atoms. The first-order valence-electron chi connectivity index (χ1n) is 15.2. The van der Waals surface area contributed by atoms with Gasteiger partial charge in [0.2, 0.25) is 0 Å². The van der Waals surface area contributed by atoms with E-state index < -0.39 is 23.7 Å². The van der Waals surface area contributed by atoms with Crippen molar-refractivity contribution in [1.82, 2.24) is 4.72 Å². The first-order valence-corrected chi connectivity index (χ1v) is 17.6. The van der Waals surface area contributed by atoms with Crippen LogP contribution in [-0.2, 0) is 16.4 Å². The Morgan fingerprint density at radius 3 is 1.80 bits per heavy atom. The number of nitrogens with one attached hydrogen (secondary N) is 1. The monoisotopic (exact) mass is 617 g/mol. The second-order valence-corrected chi connectivity index (χ2v) is 17.1. The van der Waals surface area contributed by atoms with Gasteiger partial charge in [0.05, 0.1) is 21.8 Å². The molecule has 0 aromatic heterocycles. The second kappa shape index (κ2) is 12.1. The van der Waals surface area contributed by atoms with Crippen molar-refractivity contribution in [2.75, 3.05) is 0 Å². The molecule has 0 amide bonds. The van der Waals surface area contributed by atoms with Gasteiger partial charge in [-0.05, 0) is 57.4 Å². The number of fused-ring (bicyclic) bond motifs is 2. The van der Waals surface area contributed by atoms with Crippen LogP contribution >= 0.6 is 7.92 Å². The SMILES string of the molecule is Cc1ccccc1[C@@H](NS(=O)C(C)(C)C)c1cccc2c1Oc1c(P(c3ccccc3)c3ccccc3)cccc1C2(C)C. The van der Waals surface area contributed by atoms with E-state index in [-0.39, 0.29) is 11.5 Å². The normalized spacial score (nSPS) is 15.2. The molecule has 1 N–H and O–H groups in total. The minimum atomic E-state index is -1.31. The number of aryl methyl sites for hydroxylation is 1. The largest absolute Gasteiger partial charge is 0.456 e. The van der Waals surface area contributed by atoms with Crippen LogP contribution in [0.15, 0.2) is 121 Å². The number of ether oxygens (including phenoxy) is 1. The van der Waals surface area contributed by atoms with Crippen molar-refractivity contribution in [2.24, 2.45) is 0 Å². The molecule has 0 fully saturated rings. The molecule has 5 aromatic rings. The Morgan fingerprint density at radius 1 is 0.682 bits per heavy atom. The smallest absolute Gasteiger partial charge is 0.139 e. The third-order valence-electron chi connectivity index (χ3n) is 8.45. The maximum absolute atomic E-state index is 13.6. The van der Waals surface area contributed by atoms with Crippen LogP contribution < -0.4 is 25.4 Å². The molecular formula is C39H40NO2PS. The number of benzene rings is 5. The van der Waals surface area contributed by atoms with Crippen molar-refractivity contribution >= 4 is 34.8 Å². The quantitative estimate of drug-likeness (QED) is 0.187. The summed E-state index contributed by atoms with van der Waals surface area (Å²) in [6.45, 7) is 12.7. The molecule has 0 aliphatic carbocycles. The van der Waals surface area contributed by atoms with Gasteiger partial charge in [-0.2, -0.15) is 0 Å². The van der Waals surface area contributed by atoms with Crippen LogP contribution in [0.25, 0.3) is 0 Å². The summed E-state index contributed by atoms with van der Waals surface area (Å²) in [5.74, 6) is 1.77. The zero-order chi connectivity index (χ0) is 31.1. The van der Waals surface area contributed by atoms with Gasteiger partial charge in [0, 0.05) is 27.4 Å². The summed E-state index contributed by atoms with van der Waals surface area (Å²) in [5.41, 5.74) is 5.22. The van der Waals surface area contributed by atoms with E-state index in [1.807, 2.05) is 20.8 Å². The lowest BCUT2D eigenvalue weighted by molar-refractivity contribution is 0.413. The topological polar surface area (TPSA) is 38.3 Å². The van der Waals surface area contributed by atoms with Gasteiger partial charge in [-0.1, -0.05) is 135 Å². The predicted molar refractivity (Wildman–Crippen MR) is 188 cm³/mol. The Balaban J connectivity index is 1.56. The van der Waals surface area contributed by atoms with Crippen molar-refractivity contribution in [3.8, 4) is 11.5 Å². The molecule has 1 heterocycles. The van der Waals surface area contributed by atoms with E-state index in [4.69, 9.17) is 4.74 Å². The lowest BCUT2D eigenvalue weighted by Crippen LogP contribution is -2.37. The van der Waals surface area contributed by atoms with Crippen LogP contribution in [0, 0.1) is 6.92 Å². The average molecular weight is 618 g/mol. The zero-order valence-corrected chi connectivity index (χ0v) is 28.0. The Kier molecular flexibility index (Phi) is 8.37. The highest BCUT2D eigenvalue weighted by atomic mass is 32.2. The standard InChI is InChI=1S/C39H40NO2PS/c1-27-17-13-14-22-30(27)35(40-44(41)38(2,3)4)31-23-15-24-32-36(31)42-37-33(39(32,5)6)25-16-26-34(37)43(28-18-9-7-10-19-28)29-20-11-8-12-21-29/h7-26,35,40H,1-6H3/t35-,44?/m1/s1. The Labute approximate surface area is 266 Å². The van der Waals surface area contributed by atoms with Gasteiger partial charge in [-0.25, -0.2) is 8.93 Å². The highest BCUT2D eigenvalue weighted by Crippen LogP contribution is 2.52. The molecule has 0 saturated heterocycles. The van der Waals surface area contributed by atoms with Gasteiger partial charge in [0.15, 0.2) is 0 Å². The fourth-order valence-corrected chi connectivity index (χ4v) is 9.23. The molecule has 5 aromatic carbocycles. The van der Waals surface area contributed by atoms with E-state index in [0.29, 0.717) is 0 Å². The highest BCUT2D eigenvalue weighted by Gasteiger charge is 2.39. The lowest BCUT2D eigenvalue weighted by Gasteiger charge is -2.38. The summed E-state index contributed by atoms with van der Waals surface area (Å²) >= 11 is 0. The van der Waals surface area contributed by atoms with Crippen molar-refractivity contribution in [1.29, 1.82) is 0 Å². The maximum Gasteiger partial charge on any atom is 0.139 e. The van der Waals surface area contributed by atoms with Crippen LogP contribution in [0.5, 0.6) is 11.5 Å². The fraction of sp³-hybridized carbons (Fsp3) is 0.231. The van der Waals surface area contributed by atoms with Crippen molar-refractivity contribution in [2.45, 2.75) is 57.7 Å². The van der Waals surface area contributed by atoms with Gasteiger partial charge >= 0.3 is 0 Å². The van der Waals surface area contributed by atoms with E-state index in [1.54, 1.807) is 0 Å². The van der Waals surface area contributed by atoms with E-state index >= 15 is 0 Å². The van der Waals surface area contributed by atoms with E-state index in [0.717, 1.165) is 33.8 Å². The molecule has 6 rings (SSSR count). The first kappa shape index (κ1) is 30.5. The summed E-state index contributed by atoms with van der Waals surface area (Å²) in [7, 11) is -2.19. The van der Waals surface area contributed by atoms with Crippen molar-refractivity contribution in [3.63, 3.8) is 0 Å². The van der Waals surface area contributed by atoms with E-state index in [1.165, 1.54) is 21.5 Å². The summed E-state index contributed by atoms with van der Waals surface area (Å²) < 4.78 is 23.9. The summed E-state index contributed by atoms with van der Waals surface area (Å²) in [6, 6.07) is 42.6. The minimum absolute atomic E-state index is 0.317. The number of rotatable bonds is 7. The number of hydrogen-bond donors (Lipinski definition) is 1. The summed E-state index contributed by atoms with van der Waals surface area (Å²) in [6.07, 6.45) is 0. The molecule has 0 saturated carbocycles. The van der Waals surface area contributed by atoms with Crippen LogP contribution in [-0.4, -0.2) is 8.96 Å². The molecule has 2 atom stereocenters. The van der Waals surface area contributed by atoms with Gasteiger partial charge in [-0.15, -0.1) is 0 Å².